The van der Waals surface area contributed by atoms with E-state index in [1.165, 1.54) is 12.8 Å². The first-order chi connectivity index (χ1) is 7.34. The Labute approximate surface area is 90.4 Å². The first kappa shape index (κ1) is 11.8. The van der Waals surface area contributed by atoms with Crippen molar-refractivity contribution in [2.75, 3.05) is 13.3 Å². The molecule has 0 fully saturated rings. The molecule has 0 saturated carbocycles. The lowest BCUT2D eigenvalue weighted by Crippen LogP contribution is -2.18. The van der Waals surface area contributed by atoms with Crippen LogP contribution >= 0.6 is 0 Å². The molecule has 1 aliphatic heterocycles. The summed E-state index contributed by atoms with van der Waals surface area (Å²) in [4.78, 5) is 15.3. The second-order valence-electron chi connectivity index (χ2n) is 3.47. The van der Waals surface area contributed by atoms with Crippen LogP contribution in [0.3, 0.4) is 0 Å². The number of aliphatic imine (C=N–C) groups is 1. The molecule has 0 radical (unpaired) electrons. The van der Waals surface area contributed by atoms with Crippen molar-refractivity contribution in [3.63, 3.8) is 0 Å². The summed E-state index contributed by atoms with van der Waals surface area (Å²) in [5, 5.41) is 2.87. The van der Waals surface area contributed by atoms with Crippen LogP contribution in [0.4, 0.5) is 0 Å². The molecule has 0 atom stereocenters. The fraction of sp³-hybridized carbons (Fsp3) is 0.636. The number of unbranched alkanes of at least 4 members (excludes halogenated alkanes) is 3. The van der Waals surface area contributed by atoms with Crippen molar-refractivity contribution in [2.24, 2.45) is 4.99 Å². The van der Waals surface area contributed by atoms with Gasteiger partial charge >= 0.3 is 5.97 Å². The molecule has 4 nitrogen and oxygen atoms in total. The lowest BCUT2D eigenvalue weighted by molar-refractivity contribution is -0.138. The number of ether oxygens (including phenoxy) is 1. The van der Waals surface area contributed by atoms with E-state index in [1.807, 2.05) is 0 Å². The van der Waals surface area contributed by atoms with Crippen molar-refractivity contribution in [3.8, 4) is 0 Å². The van der Waals surface area contributed by atoms with E-state index in [-0.39, 0.29) is 5.97 Å². The molecule has 0 saturated heterocycles. The van der Waals surface area contributed by atoms with Crippen molar-refractivity contribution in [2.45, 2.75) is 32.6 Å². The molecule has 0 aromatic rings. The van der Waals surface area contributed by atoms with Crippen LogP contribution in [-0.2, 0) is 9.53 Å². The van der Waals surface area contributed by atoms with Crippen molar-refractivity contribution in [1.82, 2.24) is 5.32 Å². The van der Waals surface area contributed by atoms with Gasteiger partial charge in [0.05, 0.1) is 12.2 Å². The minimum Gasteiger partial charge on any atom is -0.462 e. The molecule has 15 heavy (non-hydrogen) atoms. The van der Waals surface area contributed by atoms with Gasteiger partial charge in [0.25, 0.3) is 0 Å². The van der Waals surface area contributed by atoms with Crippen LogP contribution in [-0.4, -0.2) is 25.5 Å². The third-order valence-corrected chi connectivity index (χ3v) is 2.14. The first-order valence-corrected chi connectivity index (χ1v) is 5.45. The Bertz CT molecular complexity index is 259. The topological polar surface area (TPSA) is 50.7 Å². The minimum atomic E-state index is -0.289. The fourth-order valence-corrected chi connectivity index (χ4v) is 1.28. The van der Waals surface area contributed by atoms with Crippen molar-refractivity contribution in [1.29, 1.82) is 0 Å². The average molecular weight is 210 g/mol. The van der Waals surface area contributed by atoms with E-state index in [4.69, 9.17) is 4.74 Å². The first-order valence-electron chi connectivity index (χ1n) is 5.45. The summed E-state index contributed by atoms with van der Waals surface area (Å²) in [6, 6.07) is 0. The smallest absolute Gasteiger partial charge is 0.341 e. The summed E-state index contributed by atoms with van der Waals surface area (Å²) in [5.74, 6) is -0.289. The Morgan fingerprint density at radius 3 is 3.07 bits per heavy atom. The zero-order chi connectivity index (χ0) is 10.9. The van der Waals surface area contributed by atoms with Crippen LogP contribution in [0.15, 0.2) is 16.8 Å². The Morgan fingerprint density at radius 2 is 2.40 bits per heavy atom. The second-order valence-corrected chi connectivity index (χ2v) is 3.47. The number of hydrogen-bond acceptors (Lipinski definition) is 4. The number of nitrogens with one attached hydrogen (secondary N) is 1. The van der Waals surface area contributed by atoms with E-state index in [1.54, 1.807) is 12.4 Å². The van der Waals surface area contributed by atoms with Gasteiger partial charge in [-0.15, -0.1) is 0 Å². The van der Waals surface area contributed by atoms with Gasteiger partial charge in [-0.2, -0.15) is 0 Å². The third kappa shape index (κ3) is 4.63. The quantitative estimate of drug-likeness (QED) is 0.535. The molecule has 0 bridgehead atoms. The molecule has 0 amide bonds. The van der Waals surface area contributed by atoms with Gasteiger partial charge in [0.2, 0.25) is 0 Å². The summed E-state index contributed by atoms with van der Waals surface area (Å²) >= 11 is 0. The molecule has 1 N–H and O–H groups in total. The highest BCUT2D eigenvalue weighted by molar-refractivity contribution is 6.09. The molecule has 0 aliphatic carbocycles. The molecular formula is C11H18N2O2. The summed E-state index contributed by atoms with van der Waals surface area (Å²) < 4.78 is 5.09. The molecule has 1 rings (SSSR count). The SMILES string of the molecule is CCCCCCOC(=O)C1=CNCN=C1. The standard InChI is InChI=1S/C11H18N2O2/c1-2-3-4-5-6-15-11(14)10-7-12-9-13-8-10/h7-8,12H,2-6,9H2,1H3. The molecule has 4 heteroatoms. The van der Waals surface area contributed by atoms with E-state index in [0.29, 0.717) is 18.8 Å². The van der Waals surface area contributed by atoms with Gasteiger partial charge in [0, 0.05) is 12.4 Å². The predicted octanol–water partition coefficient (Wildman–Crippen LogP) is 1.63. The van der Waals surface area contributed by atoms with E-state index in [9.17, 15) is 4.79 Å². The van der Waals surface area contributed by atoms with E-state index >= 15 is 0 Å². The lowest BCUT2D eigenvalue weighted by atomic mass is 10.2. The van der Waals surface area contributed by atoms with Crippen molar-refractivity contribution in [3.05, 3.63) is 11.8 Å². The number of carbonyl (C=O) groups is 1. The normalized spacial score (nSPS) is 14.3. The fourth-order valence-electron chi connectivity index (χ4n) is 1.28. The average Bonchev–Trinajstić information content (AvgIpc) is 2.30. The van der Waals surface area contributed by atoms with Gasteiger partial charge in [-0.05, 0) is 6.42 Å². The zero-order valence-electron chi connectivity index (χ0n) is 9.16. The molecule has 0 aromatic carbocycles. The summed E-state index contributed by atoms with van der Waals surface area (Å²) in [6.07, 6.45) is 7.64. The zero-order valence-corrected chi connectivity index (χ0v) is 9.16. The maximum atomic E-state index is 11.4. The Morgan fingerprint density at radius 1 is 1.53 bits per heavy atom. The number of hydrogen-bond donors (Lipinski definition) is 1. The number of nitrogens with zero attached hydrogens (tertiary/aromatic N) is 1. The maximum Gasteiger partial charge on any atom is 0.341 e. The summed E-state index contributed by atoms with van der Waals surface area (Å²) in [5.41, 5.74) is 0.497. The molecule has 84 valence electrons. The molecule has 1 heterocycles. The highest BCUT2D eigenvalue weighted by atomic mass is 16.5. The predicted molar refractivity (Wildman–Crippen MR) is 59.7 cm³/mol. The highest BCUT2D eigenvalue weighted by Crippen LogP contribution is 2.02. The van der Waals surface area contributed by atoms with Crippen LogP contribution in [0.25, 0.3) is 0 Å². The van der Waals surface area contributed by atoms with Crippen molar-refractivity contribution >= 4 is 12.2 Å². The number of carbonyl (C=O) groups excluding carboxylic acids is 1. The van der Waals surface area contributed by atoms with Crippen LogP contribution in [0.2, 0.25) is 0 Å². The minimum absolute atomic E-state index is 0.289. The molecular weight excluding hydrogens is 192 g/mol. The van der Waals surface area contributed by atoms with Gasteiger partial charge in [-0.3, -0.25) is 4.99 Å². The van der Waals surface area contributed by atoms with Crippen LogP contribution in [0, 0.1) is 0 Å². The molecule has 1 aliphatic rings. The van der Waals surface area contributed by atoms with E-state index in [2.05, 4.69) is 17.2 Å². The lowest BCUT2D eigenvalue weighted by Gasteiger charge is -2.08. The van der Waals surface area contributed by atoms with Gasteiger partial charge in [0.1, 0.15) is 6.67 Å². The molecule has 0 unspecified atom stereocenters. The Kier molecular flexibility index (Phi) is 5.51. The number of esters is 1. The largest absolute Gasteiger partial charge is 0.462 e. The van der Waals surface area contributed by atoms with Gasteiger partial charge in [0.15, 0.2) is 0 Å². The van der Waals surface area contributed by atoms with E-state index < -0.39 is 0 Å². The Hall–Kier alpha value is -1.32. The summed E-state index contributed by atoms with van der Waals surface area (Å²) in [7, 11) is 0. The monoisotopic (exact) mass is 210 g/mol. The van der Waals surface area contributed by atoms with Crippen LogP contribution in [0.5, 0.6) is 0 Å². The maximum absolute atomic E-state index is 11.4. The molecule has 0 spiro atoms. The van der Waals surface area contributed by atoms with Gasteiger partial charge in [-0.1, -0.05) is 26.2 Å². The Balaban J connectivity index is 2.13. The van der Waals surface area contributed by atoms with Gasteiger partial charge < -0.3 is 10.1 Å². The van der Waals surface area contributed by atoms with Crippen molar-refractivity contribution < 1.29 is 9.53 Å². The molecule has 0 aromatic heterocycles. The third-order valence-electron chi connectivity index (χ3n) is 2.14. The number of rotatable bonds is 6. The van der Waals surface area contributed by atoms with Crippen LogP contribution < -0.4 is 5.32 Å². The highest BCUT2D eigenvalue weighted by Gasteiger charge is 2.09. The van der Waals surface area contributed by atoms with E-state index in [0.717, 1.165) is 12.8 Å². The second kappa shape index (κ2) is 7.04. The van der Waals surface area contributed by atoms with Gasteiger partial charge in [-0.25, -0.2) is 4.79 Å². The summed E-state index contributed by atoms with van der Waals surface area (Å²) in [6.45, 7) is 3.19. The van der Waals surface area contributed by atoms with Crippen LogP contribution in [0.1, 0.15) is 32.6 Å².